The Morgan fingerprint density at radius 1 is 1.20 bits per heavy atom. The molecule has 1 aromatic heterocycles. The van der Waals surface area contributed by atoms with Crippen molar-refractivity contribution in [1.29, 1.82) is 0 Å². The van der Waals surface area contributed by atoms with Crippen molar-refractivity contribution in [2.75, 3.05) is 0 Å². The van der Waals surface area contributed by atoms with Crippen LogP contribution in [0.5, 0.6) is 0 Å². The highest BCUT2D eigenvalue weighted by Gasteiger charge is 2.16. The summed E-state index contributed by atoms with van der Waals surface area (Å²) in [5, 5.41) is 0. The van der Waals surface area contributed by atoms with Crippen LogP contribution in [0.4, 0.5) is 0 Å². The summed E-state index contributed by atoms with van der Waals surface area (Å²) in [6.07, 6.45) is 0.872. The van der Waals surface area contributed by atoms with Crippen LogP contribution < -0.4 is 11.3 Å². The molecule has 5 heteroatoms. The number of hydrazine groups is 1. The van der Waals surface area contributed by atoms with Crippen LogP contribution in [0.25, 0.3) is 0 Å². The molecule has 0 aliphatic rings. The molecule has 2 rings (SSSR count). The van der Waals surface area contributed by atoms with Gasteiger partial charge in [-0.05, 0) is 67.0 Å². The Balaban J connectivity index is 2.16. The number of nitrogens with two attached hydrogens (primary N) is 1. The third kappa shape index (κ3) is 3.92. The largest absolute Gasteiger partial charge is 0.271 e. The van der Waals surface area contributed by atoms with Gasteiger partial charge in [-0.1, -0.05) is 38.1 Å². The second kappa shape index (κ2) is 7.18. The van der Waals surface area contributed by atoms with E-state index in [-0.39, 0.29) is 6.04 Å². The maximum atomic E-state index is 5.73. The van der Waals surface area contributed by atoms with Crippen molar-refractivity contribution in [2.45, 2.75) is 32.2 Å². The highest BCUT2D eigenvalue weighted by Crippen LogP contribution is 2.36. The number of hydrogen-bond acceptors (Lipinski definition) is 3. The maximum Gasteiger partial charge on any atom is 0.0758 e. The van der Waals surface area contributed by atoms with Crippen LogP contribution in [-0.2, 0) is 6.42 Å². The lowest BCUT2D eigenvalue weighted by Gasteiger charge is -2.16. The van der Waals surface area contributed by atoms with Crippen LogP contribution in [0.2, 0.25) is 0 Å². The highest BCUT2D eigenvalue weighted by atomic mass is 79.9. The Morgan fingerprint density at radius 3 is 2.30 bits per heavy atom. The van der Waals surface area contributed by atoms with Gasteiger partial charge in [0.25, 0.3) is 0 Å². The first-order valence-electron chi connectivity index (χ1n) is 6.51. The van der Waals surface area contributed by atoms with E-state index in [1.807, 2.05) is 0 Å². The average Bonchev–Trinajstić information content (AvgIpc) is 2.75. The van der Waals surface area contributed by atoms with Crippen molar-refractivity contribution in [3.05, 3.63) is 54.6 Å². The number of rotatable bonds is 5. The molecule has 2 nitrogen and oxygen atoms in total. The van der Waals surface area contributed by atoms with Gasteiger partial charge < -0.3 is 0 Å². The van der Waals surface area contributed by atoms with Crippen molar-refractivity contribution in [1.82, 2.24) is 5.43 Å². The minimum atomic E-state index is 0.108. The van der Waals surface area contributed by atoms with Crippen molar-refractivity contribution in [2.24, 2.45) is 5.84 Å². The molecule has 0 amide bonds. The zero-order valence-corrected chi connectivity index (χ0v) is 15.5. The van der Waals surface area contributed by atoms with Gasteiger partial charge in [0, 0.05) is 0 Å². The number of halogens is 2. The van der Waals surface area contributed by atoms with E-state index in [1.165, 1.54) is 16.7 Å². The fourth-order valence-corrected chi connectivity index (χ4v) is 5.10. The molecule has 108 valence electrons. The van der Waals surface area contributed by atoms with Crippen molar-refractivity contribution in [3.8, 4) is 0 Å². The topological polar surface area (TPSA) is 38.0 Å². The molecule has 0 aliphatic heterocycles. The predicted octanol–water partition coefficient (Wildman–Crippen LogP) is 5.14. The van der Waals surface area contributed by atoms with Crippen LogP contribution in [0.15, 0.2) is 37.9 Å². The molecule has 0 radical (unpaired) electrons. The predicted molar refractivity (Wildman–Crippen MR) is 94.0 cm³/mol. The van der Waals surface area contributed by atoms with Crippen LogP contribution in [0.1, 0.15) is 42.5 Å². The van der Waals surface area contributed by atoms with E-state index in [0.29, 0.717) is 5.92 Å². The summed E-state index contributed by atoms with van der Waals surface area (Å²) in [6.45, 7) is 4.42. The molecule has 1 heterocycles. The maximum absolute atomic E-state index is 5.73. The fraction of sp³-hybridized carbons (Fsp3) is 0.333. The molecule has 0 spiro atoms. The number of hydrogen-bond donors (Lipinski definition) is 2. The molecule has 0 saturated heterocycles. The fourth-order valence-electron chi connectivity index (χ4n) is 2.12. The molecule has 20 heavy (non-hydrogen) atoms. The van der Waals surface area contributed by atoms with Gasteiger partial charge in [0.2, 0.25) is 0 Å². The molecular weight excluding hydrogens is 400 g/mol. The minimum absolute atomic E-state index is 0.108. The summed E-state index contributed by atoms with van der Waals surface area (Å²) in [7, 11) is 0. The summed E-state index contributed by atoms with van der Waals surface area (Å²) < 4.78 is 2.22. The van der Waals surface area contributed by atoms with Gasteiger partial charge in [-0.2, -0.15) is 0 Å². The van der Waals surface area contributed by atoms with Gasteiger partial charge in [-0.25, -0.2) is 0 Å². The van der Waals surface area contributed by atoms with E-state index in [2.05, 4.69) is 81.5 Å². The second-order valence-corrected chi connectivity index (χ2v) is 8.85. The van der Waals surface area contributed by atoms with E-state index < -0.39 is 0 Å². The minimum Gasteiger partial charge on any atom is -0.271 e. The first-order valence-corrected chi connectivity index (χ1v) is 8.91. The van der Waals surface area contributed by atoms with Crippen LogP contribution in [0.3, 0.4) is 0 Å². The van der Waals surface area contributed by atoms with E-state index in [1.54, 1.807) is 11.3 Å². The Kier molecular flexibility index (Phi) is 5.81. The van der Waals surface area contributed by atoms with Gasteiger partial charge in [-0.3, -0.25) is 11.3 Å². The summed E-state index contributed by atoms with van der Waals surface area (Å²) in [5.74, 6) is 6.29. The van der Waals surface area contributed by atoms with Crippen molar-refractivity contribution in [3.63, 3.8) is 0 Å². The molecular formula is C15H18Br2N2S. The van der Waals surface area contributed by atoms with E-state index >= 15 is 0 Å². The lowest BCUT2D eigenvalue weighted by atomic mass is 9.97. The summed E-state index contributed by atoms with van der Waals surface area (Å²) in [5.41, 5.74) is 6.76. The third-order valence-corrected chi connectivity index (χ3v) is 5.73. The molecule has 2 aromatic rings. The van der Waals surface area contributed by atoms with Crippen LogP contribution in [-0.4, -0.2) is 0 Å². The molecule has 0 saturated carbocycles. The molecule has 0 bridgehead atoms. The molecule has 0 fully saturated rings. The summed E-state index contributed by atoms with van der Waals surface area (Å²) >= 11 is 8.77. The quantitative estimate of drug-likeness (QED) is 0.521. The molecule has 0 aliphatic carbocycles. The smallest absolute Gasteiger partial charge is 0.0758 e. The Bertz CT molecular complexity index is 564. The number of thiophene rings is 1. The second-order valence-electron chi connectivity index (χ2n) is 5.10. The van der Waals surface area contributed by atoms with Crippen molar-refractivity contribution >= 4 is 43.2 Å². The van der Waals surface area contributed by atoms with Gasteiger partial charge in [-0.15, -0.1) is 11.3 Å². The molecule has 1 unspecified atom stereocenters. The van der Waals surface area contributed by atoms with Gasteiger partial charge >= 0.3 is 0 Å². The van der Waals surface area contributed by atoms with Crippen LogP contribution >= 0.6 is 43.2 Å². The lowest BCUT2D eigenvalue weighted by Crippen LogP contribution is -2.29. The normalized spacial score (nSPS) is 12.9. The monoisotopic (exact) mass is 416 g/mol. The number of nitrogens with one attached hydrogen (secondary N) is 1. The Hall–Kier alpha value is -0.200. The average molecular weight is 418 g/mol. The number of benzene rings is 1. The zero-order valence-electron chi connectivity index (χ0n) is 11.5. The van der Waals surface area contributed by atoms with Gasteiger partial charge in [0.1, 0.15) is 0 Å². The zero-order chi connectivity index (χ0) is 14.7. The Labute approximate surface area is 141 Å². The van der Waals surface area contributed by atoms with Crippen LogP contribution in [0, 0.1) is 0 Å². The van der Waals surface area contributed by atoms with Gasteiger partial charge in [0.15, 0.2) is 0 Å². The summed E-state index contributed by atoms with van der Waals surface area (Å²) in [4.78, 5) is 0. The molecule has 3 N–H and O–H groups in total. The first kappa shape index (κ1) is 16.2. The van der Waals surface area contributed by atoms with E-state index in [9.17, 15) is 0 Å². The molecule has 1 atom stereocenters. The van der Waals surface area contributed by atoms with E-state index in [0.717, 1.165) is 14.0 Å². The lowest BCUT2D eigenvalue weighted by molar-refractivity contribution is 0.551. The van der Waals surface area contributed by atoms with E-state index in [4.69, 9.17) is 5.84 Å². The van der Waals surface area contributed by atoms with Crippen molar-refractivity contribution < 1.29 is 0 Å². The van der Waals surface area contributed by atoms with Gasteiger partial charge in [0.05, 0.1) is 13.6 Å². The Morgan fingerprint density at radius 2 is 1.85 bits per heavy atom. The third-order valence-electron chi connectivity index (χ3n) is 3.35. The summed E-state index contributed by atoms with van der Waals surface area (Å²) in [6, 6.07) is 11.0. The highest BCUT2D eigenvalue weighted by molar-refractivity contribution is 9.12. The molecule has 1 aromatic carbocycles. The first-order chi connectivity index (χ1) is 9.51. The SMILES string of the molecule is CC(C)c1ccc(CC(NN)c2cc(Br)sc2Br)cc1. The standard InChI is InChI=1S/C15H18Br2N2S/c1-9(2)11-5-3-10(4-6-11)7-13(19-18)12-8-14(16)20-15(12)17/h3-6,8-9,13,19H,7,18H2,1-2H3.